The quantitative estimate of drug-likeness (QED) is 0.580. The Labute approximate surface area is 118 Å². The van der Waals surface area contributed by atoms with Crippen LogP contribution in [0.5, 0.6) is 0 Å². The summed E-state index contributed by atoms with van der Waals surface area (Å²) in [4.78, 5) is 50.5. The molecule has 0 unspecified atom stereocenters. The number of fused-ring (bicyclic) bond motifs is 1. The molecule has 7 nitrogen and oxygen atoms in total. The average Bonchev–Trinajstić information content (AvgIpc) is 2.72. The molecule has 0 aliphatic carbocycles. The predicted molar refractivity (Wildman–Crippen MR) is 72.7 cm³/mol. The number of amides is 3. The van der Waals surface area contributed by atoms with Crippen LogP contribution in [0.3, 0.4) is 0 Å². The van der Waals surface area contributed by atoms with E-state index in [1.807, 2.05) is 0 Å². The van der Waals surface area contributed by atoms with Crippen molar-refractivity contribution < 1.29 is 14.4 Å². The maximum Gasteiger partial charge on any atom is 0.270 e. The summed E-state index contributed by atoms with van der Waals surface area (Å²) >= 11 is 0. The number of nitrogens with two attached hydrogens (primary N) is 1. The fraction of sp³-hybridized carbons (Fsp3) is 0. The van der Waals surface area contributed by atoms with E-state index in [1.54, 1.807) is 0 Å². The van der Waals surface area contributed by atoms with E-state index in [0.29, 0.717) is 4.90 Å². The average molecular weight is 283 g/mol. The highest BCUT2D eigenvalue weighted by molar-refractivity contribution is 6.32. The second kappa shape index (κ2) is 4.41. The van der Waals surface area contributed by atoms with E-state index in [2.05, 4.69) is 4.98 Å². The van der Waals surface area contributed by atoms with Gasteiger partial charge in [-0.3, -0.25) is 19.2 Å². The third-order valence-electron chi connectivity index (χ3n) is 3.18. The first-order valence-electron chi connectivity index (χ1n) is 6.01. The molecular formula is C14H9N3O4. The van der Waals surface area contributed by atoms with Crippen LogP contribution in [0.15, 0.2) is 41.3 Å². The van der Waals surface area contributed by atoms with Gasteiger partial charge in [0.05, 0.1) is 16.7 Å². The maximum absolute atomic E-state index is 12.3. The van der Waals surface area contributed by atoms with Gasteiger partial charge in [0.2, 0.25) is 5.56 Å². The summed E-state index contributed by atoms with van der Waals surface area (Å²) in [5, 5.41) is 0. The molecule has 1 aliphatic heterocycles. The van der Waals surface area contributed by atoms with Gasteiger partial charge in [0.25, 0.3) is 17.7 Å². The number of nitrogens with zero attached hydrogens (tertiary/aromatic N) is 1. The van der Waals surface area contributed by atoms with E-state index in [4.69, 9.17) is 5.73 Å². The minimum atomic E-state index is -0.808. The summed E-state index contributed by atoms with van der Waals surface area (Å²) < 4.78 is 0. The first-order chi connectivity index (χ1) is 10.0. The van der Waals surface area contributed by atoms with Crippen molar-refractivity contribution in [3.05, 3.63) is 63.6 Å². The first-order valence-corrected chi connectivity index (χ1v) is 6.01. The number of carbonyl (C=O) groups excluding carboxylic acids is 3. The molecule has 0 saturated carbocycles. The van der Waals surface area contributed by atoms with Crippen molar-refractivity contribution >= 4 is 23.4 Å². The van der Waals surface area contributed by atoms with Crippen molar-refractivity contribution in [2.75, 3.05) is 5.73 Å². The topological polar surface area (TPSA) is 113 Å². The first kappa shape index (κ1) is 12.8. The molecule has 2 aromatic rings. The minimum absolute atomic E-state index is 0.0280. The number of hydrogen-bond donors (Lipinski definition) is 2. The molecule has 21 heavy (non-hydrogen) atoms. The van der Waals surface area contributed by atoms with Crippen molar-refractivity contribution in [3.8, 4) is 0 Å². The van der Waals surface area contributed by atoms with Gasteiger partial charge < -0.3 is 10.7 Å². The summed E-state index contributed by atoms with van der Waals surface area (Å²) in [5.74, 6) is -2.29. The Bertz CT molecular complexity index is 833. The summed E-state index contributed by atoms with van der Waals surface area (Å²) in [6.45, 7) is 0. The lowest BCUT2D eigenvalue weighted by molar-refractivity contribution is 0.0566. The number of imide groups is 3. The van der Waals surface area contributed by atoms with Crippen LogP contribution in [0.4, 0.5) is 5.69 Å². The van der Waals surface area contributed by atoms with Gasteiger partial charge in [-0.15, -0.1) is 0 Å². The van der Waals surface area contributed by atoms with Crippen molar-refractivity contribution in [3.63, 3.8) is 0 Å². The number of benzene rings is 1. The van der Waals surface area contributed by atoms with E-state index in [9.17, 15) is 19.2 Å². The summed E-state index contributed by atoms with van der Waals surface area (Å²) in [5.41, 5.74) is 5.59. The third-order valence-corrected chi connectivity index (χ3v) is 3.18. The number of aromatic amines is 1. The van der Waals surface area contributed by atoms with Crippen molar-refractivity contribution in [1.82, 2.24) is 9.88 Å². The number of nitrogens with one attached hydrogen (secondary N) is 1. The van der Waals surface area contributed by atoms with Gasteiger partial charge >= 0.3 is 0 Å². The molecule has 3 amide bonds. The summed E-state index contributed by atoms with van der Waals surface area (Å²) in [7, 11) is 0. The van der Waals surface area contributed by atoms with Crippen LogP contribution in [-0.2, 0) is 0 Å². The lowest BCUT2D eigenvalue weighted by Crippen LogP contribution is -2.36. The van der Waals surface area contributed by atoms with Gasteiger partial charge in [0.1, 0.15) is 0 Å². The summed E-state index contributed by atoms with van der Waals surface area (Å²) in [6.07, 6.45) is 1.15. The van der Waals surface area contributed by atoms with Gasteiger partial charge in [-0.2, -0.15) is 0 Å². The molecule has 3 rings (SSSR count). The number of aromatic nitrogens is 1. The Morgan fingerprint density at radius 3 is 2.43 bits per heavy atom. The Hall–Kier alpha value is -3.22. The molecule has 104 valence electrons. The molecule has 3 N–H and O–H groups in total. The monoisotopic (exact) mass is 283 g/mol. The Morgan fingerprint density at radius 1 is 1.05 bits per heavy atom. The van der Waals surface area contributed by atoms with Crippen LogP contribution in [-0.4, -0.2) is 27.6 Å². The fourth-order valence-corrected chi connectivity index (χ4v) is 2.17. The Balaban J connectivity index is 2.06. The second-order valence-corrected chi connectivity index (χ2v) is 4.46. The van der Waals surface area contributed by atoms with Gasteiger partial charge in [0.15, 0.2) is 0 Å². The SMILES string of the molecule is Nc1cccc2c1C(=O)N(C(=O)c1ccc(=O)[nH]c1)C2=O. The van der Waals surface area contributed by atoms with E-state index < -0.39 is 23.3 Å². The van der Waals surface area contributed by atoms with Crippen molar-refractivity contribution in [1.29, 1.82) is 0 Å². The maximum atomic E-state index is 12.3. The van der Waals surface area contributed by atoms with Gasteiger partial charge in [0, 0.05) is 18.0 Å². The number of carbonyl (C=O) groups is 3. The van der Waals surface area contributed by atoms with Crippen LogP contribution in [0.1, 0.15) is 31.1 Å². The summed E-state index contributed by atoms with van der Waals surface area (Å²) in [6, 6.07) is 6.84. The molecular weight excluding hydrogens is 274 g/mol. The smallest absolute Gasteiger partial charge is 0.270 e. The second-order valence-electron chi connectivity index (χ2n) is 4.46. The Morgan fingerprint density at radius 2 is 1.81 bits per heavy atom. The number of pyridine rings is 1. The van der Waals surface area contributed by atoms with Crippen LogP contribution in [0, 0.1) is 0 Å². The predicted octanol–water partition coefficient (Wildman–Crippen LogP) is 0.393. The zero-order valence-electron chi connectivity index (χ0n) is 10.6. The molecule has 1 aromatic heterocycles. The molecule has 1 aliphatic rings. The standard InChI is InChI=1S/C14H9N3O4/c15-9-3-1-2-8-11(9)14(21)17(13(8)20)12(19)7-4-5-10(18)16-6-7/h1-6H,15H2,(H,16,18). The molecule has 7 heteroatoms. The number of hydrogen-bond acceptors (Lipinski definition) is 5. The third kappa shape index (κ3) is 1.83. The normalized spacial score (nSPS) is 13.4. The van der Waals surface area contributed by atoms with E-state index >= 15 is 0 Å². The molecule has 0 saturated heterocycles. The highest BCUT2D eigenvalue weighted by Gasteiger charge is 2.41. The number of anilines is 1. The Kier molecular flexibility index (Phi) is 2.69. The number of rotatable bonds is 1. The molecule has 0 bridgehead atoms. The molecule has 0 spiro atoms. The van der Waals surface area contributed by atoms with Gasteiger partial charge in [-0.1, -0.05) is 6.07 Å². The van der Waals surface area contributed by atoms with E-state index in [-0.39, 0.29) is 22.4 Å². The lowest BCUT2D eigenvalue weighted by atomic mass is 10.1. The van der Waals surface area contributed by atoms with Crippen LogP contribution in [0.2, 0.25) is 0 Å². The van der Waals surface area contributed by atoms with Crippen LogP contribution in [0.25, 0.3) is 0 Å². The van der Waals surface area contributed by atoms with E-state index in [0.717, 1.165) is 12.3 Å². The minimum Gasteiger partial charge on any atom is -0.398 e. The van der Waals surface area contributed by atoms with Gasteiger partial charge in [-0.05, 0) is 18.2 Å². The van der Waals surface area contributed by atoms with Crippen molar-refractivity contribution in [2.24, 2.45) is 0 Å². The lowest BCUT2D eigenvalue weighted by Gasteiger charge is -2.11. The number of H-pyrrole nitrogens is 1. The largest absolute Gasteiger partial charge is 0.398 e. The molecule has 1 aromatic carbocycles. The van der Waals surface area contributed by atoms with Crippen molar-refractivity contribution in [2.45, 2.75) is 0 Å². The molecule has 0 fully saturated rings. The highest BCUT2D eigenvalue weighted by atomic mass is 16.2. The zero-order chi connectivity index (χ0) is 15.1. The number of nitrogen functional groups attached to an aromatic ring is 1. The zero-order valence-corrected chi connectivity index (χ0v) is 10.6. The highest BCUT2D eigenvalue weighted by Crippen LogP contribution is 2.28. The molecule has 0 atom stereocenters. The van der Waals surface area contributed by atoms with Crippen LogP contribution < -0.4 is 11.3 Å². The van der Waals surface area contributed by atoms with Gasteiger partial charge in [-0.25, -0.2) is 4.90 Å². The molecule has 2 heterocycles. The molecule has 0 radical (unpaired) electrons. The van der Waals surface area contributed by atoms with Crippen LogP contribution >= 0.6 is 0 Å². The fourth-order valence-electron chi connectivity index (χ4n) is 2.17. The van der Waals surface area contributed by atoms with E-state index in [1.165, 1.54) is 24.3 Å².